The zero-order chi connectivity index (χ0) is 34.4. The summed E-state index contributed by atoms with van der Waals surface area (Å²) in [5.41, 5.74) is 11.7. The van der Waals surface area contributed by atoms with Crippen LogP contribution < -0.4 is 4.90 Å². The molecular formula is C50H34N2. The molecule has 2 heteroatoms. The second-order valence-electron chi connectivity index (χ2n) is 13.4. The number of fused-ring (bicyclic) bond motifs is 5. The second kappa shape index (κ2) is 12.5. The SMILES string of the molecule is c1ccc(N(c2ccc(-c3cccc4cccc(-c5ccc6ccccc6c5)c34)cc2)c2cccc(-n3c4ccccc4c4ccccc43)c2)cc1. The Morgan fingerprint density at radius 3 is 1.60 bits per heavy atom. The number of nitrogens with zero attached hydrogens (tertiary/aromatic N) is 2. The average Bonchev–Trinajstić information content (AvgIpc) is 3.56. The average molecular weight is 663 g/mol. The van der Waals surface area contributed by atoms with E-state index < -0.39 is 0 Å². The summed E-state index contributed by atoms with van der Waals surface area (Å²) in [5.74, 6) is 0. The highest BCUT2D eigenvalue weighted by Crippen LogP contribution is 2.41. The Kier molecular flexibility index (Phi) is 7.18. The van der Waals surface area contributed by atoms with Crippen LogP contribution in [-0.2, 0) is 0 Å². The third-order valence-electron chi connectivity index (χ3n) is 10.3. The van der Waals surface area contributed by atoms with Crippen LogP contribution in [0.2, 0.25) is 0 Å². The fraction of sp³-hybridized carbons (Fsp3) is 0. The summed E-state index contributed by atoms with van der Waals surface area (Å²) in [6, 6.07) is 74.7. The third kappa shape index (κ3) is 5.04. The van der Waals surface area contributed by atoms with Crippen molar-refractivity contribution in [1.29, 1.82) is 0 Å². The van der Waals surface area contributed by atoms with Gasteiger partial charge in [0.25, 0.3) is 0 Å². The van der Waals surface area contributed by atoms with E-state index in [4.69, 9.17) is 0 Å². The van der Waals surface area contributed by atoms with E-state index in [1.54, 1.807) is 0 Å². The molecule has 1 heterocycles. The van der Waals surface area contributed by atoms with Crippen molar-refractivity contribution in [3.63, 3.8) is 0 Å². The molecule has 0 amide bonds. The maximum atomic E-state index is 2.38. The molecule has 0 aliphatic heterocycles. The van der Waals surface area contributed by atoms with Crippen molar-refractivity contribution >= 4 is 60.4 Å². The zero-order valence-corrected chi connectivity index (χ0v) is 28.5. The van der Waals surface area contributed by atoms with Gasteiger partial charge in [-0.1, -0.05) is 146 Å². The highest BCUT2D eigenvalue weighted by atomic mass is 15.1. The van der Waals surface area contributed by atoms with Crippen LogP contribution in [0.1, 0.15) is 0 Å². The monoisotopic (exact) mass is 662 g/mol. The van der Waals surface area contributed by atoms with Crippen LogP contribution in [0.25, 0.3) is 71.3 Å². The maximum Gasteiger partial charge on any atom is 0.0541 e. The van der Waals surface area contributed by atoms with Crippen LogP contribution >= 0.6 is 0 Å². The molecule has 0 bridgehead atoms. The van der Waals surface area contributed by atoms with Crippen LogP contribution in [0, 0.1) is 0 Å². The molecule has 0 saturated heterocycles. The van der Waals surface area contributed by atoms with E-state index >= 15 is 0 Å². The number of para-hydroxylation sites is 3. The number of rotatable bonds is 6. The molecule has 0 radical (unpaired) electrons. The molecule has 10 rings (SSSR count). The maximum absolute atomic E-state index is 2.38. The predicted octanol–water partition coefficient (Wildman–Crippen LogP) is 13.9. The van der Waals surface area contributed by atoms with Gasteiger partial charge in [-0.2, -0.15) is 0 Å². The molecule has 244 valence electrons. The molecule has 10 aromatic rings. The highest BCUT2D eigenvalue weighted by Gasteiger charge is 2.17. The number of hydrogen-bond donors (Lipinski definition) is 0. The molecule has 0 unspecified atom stereocenters. The lowest BCUT2D eigenvalue weighted by Gasteiger charge is -2.26. The molecule has 0 aliphatic carbocycles. The first-order valence-corrected chi connectivity index (χ1v) is 17.9. The summed E-state index contributed by atoms with van der Waals surface area (Å²) in [6.07, 6.45) is 0. The Bertz CT molecular complexity index is 2840. The molecule has 0 fully saturated rings. The molecule has 1 aromatic heterocycles. The van der Waals surface area contributed by atoms with Crippen molar-refractivity contribution in [2.24, 2.45) is 0 Å². The van der Waals surface area contributed by atoms with E-state index in [1.165, 1.54) is 65.6 Å². The number of benzene rings is 9. The number of hydrogen-bond acceptors (Lipinski definition) is 1. The minimum absolute atomic E-state index is 1.10. The Labute approximate surface area is 303 Å². The zero-order valence-electron chi connectivity index (χ0n) is 28.5. The third-order valence-corrected chi connectivity index (χ3v) is 10.3. The minimum Gasteiger partial charge on any atom is -0.310 e. The molecule has 0 saturated carbocycles. The molecule has 0 atom stereocenters. The van der Waals surface area contributed by atoms with Gasteiger partial charge in [0.1, 0.15) is 0 Å². The molecule has 9 aromatic carbocycles. The molecule has 0 N–H and O–H groups in total. The van der Waals surface area contributed by atoms with Gasteiger partial charge in [-0.15, -0.1) is 0 Å². The van der Waals surface area contributed by atoms with Crippen molar-refractivity contribution in [3.8, 4) is 27.9 Å². The second-order valence-corrected chi connectivity index (χ2v) is 13.4. The lowest BCUT2D eigenvalue weighted by molar-refractivity contribution is 1.17. The highest BCUT2D eigenvalue weighted by molar-refractivity contribution is 6.10. The number of aromatic nitrogens is 1. The van der Waals surface area contributed by atoms with Crippen molar-refractivity contribution < 1.29 is 0 Å². The van der Waals surface area contributed by atoms with E-state index in [1.807, 2.05) is 0 Å². The number of anilines is 3. The first-order valence-electron chi connectivity index (χ1n) is 17.9. The fourth-order valence-electron chi connectivity index (χ4n) is 7.97. The van der Waals surface area contributed by atoms with Crippen LogP contribution in [0.15, 0.2) is 206 Å². The van der Waals surface area contributed by atoms with Crippen molar-refractivity contribution in [2.45, 2.75) is 0 Å². The Balaban J connectivity index is 1.09. The lowest BCUT2D eigenvalue weighted by Crippen LogP contribution is -2.10. The van der Waals surface area contributed by atoms with Gasteiger partial charge in [0.05, 0.1) is 11.0 Å². The van der Waals surface area contributed by atoms with Gasteiger partial charge in [-0.3, -0.25) is 0 Å². The molecule has 0 aliphatic rings. The topological polar surface area (TPSA) is 8.17 Å². The Morgan fingerprint density at radius 1 is 0.327 bits per heavy atom. The summed E-state index contributed by atoms with van der Waals surface area (Å²) >= 11 is 0. The van der Waals surface area contributed by atoms with E-state index in [9.17, 15) is 0 Å². The molecule has 2 nitrogen and oxygen atoms in total. The van der Waals surface area contributed by atoms with Gasteiger partial charge in [-0.25, -0.2) is 0 Å². The normalized spacial score (nSPS) is 11.5. The first-order chi connectivity index (χ1) is 25.8. The van der Waals surface area contributed by atoms with Crippen molar-refractivity contribution in [2.75, 3.05) is 4.90 Å². The minimum atomic E-state index is 1.10. The summed E-state index contributed by atoms with van der Waals surface area (Å²) in [7, 11) is 0. The lowest BCUT2D eigenvalue weighted by atomic mass is 9.90. The Hall–Kier alpha value is -6.90. The van der Waals surface area contributed by atoms with E-state index in [-0.39, 0.29) is 0 Å². The van der Waals surface area contributed by atoms with Gasteiger partial charge in [0.2, 0.25) is 0 Å². The van der Waals surface area contributed by atoms with E-state index in [2.05, 4.69) is 216 Å². The summed E-state index contributed by atoms with van der Waals surface area (Å²) in [4.78, 5) is 2.35. The van der Waals surface area contributed by atoms with Gasteiger partial charge < -0.3 is 9.47 Å². The smallest absolute Gasteiger partial charge is 0.0541 e. The summed E-state index contributed by atoms with van der Waals surface area (Å²) in [6.45, 7) is 0. The first kappa shape index (κ1) is 30.0. The van der Waals surface area contributed by atoms with Gasteiger partial charge in [0, 0.05) is 33.5 Å². The van der Waals surface area contributed by atoms with E-state index in [0.29, 0.717) is 0 Å². The van der Waals surface area contributed by atoms with Crippen LogP contribution in [0.3, 0.4) is 0 Å². The van der Waals surface area contributed by atoms with Gasteiger partial charge in [-0.05, 0) is 104 Å². The van der Waals surface area contributed by atoms with Crippen LogP contribution in [0.4, 0.5) is 17.1 Å². The van der Waals surface area contributed by atoms with Crippen molar-refractivity contribution in [1.82, 2.24) is 4.57 Å². The molecule has 0 spiro atoms. The van der Waals surface area contributed by atoms with Crippen molar-refractivity contribution in [3.05, 3.63) is 206 Å². The van der Waals surface area contributed by atoms with Crippen LogP contribution in [0.5, 0.6) is 0 Å². The summed E-state index contributed by atoms with van der Waals surface area (Å²) in [5, 5.41) is 7.53. The standard InChI is InChI=1S/C50H34N2/c1-2-17-40(18-3-1)51(42-19-12-20-43(34-42)52-48-25-8-6-21-46(48)47-22-7-9-26-49(47)52)41-31-29-36(30-32-41)44-23-10-15-37-16-11-24-45(50(37)44)39-28-27-35-13-4-5-14-38(35)33-39/h1-34H. The fourth-order valence-corrected chi connectivity index (χ4v) is 7.97. The predicted molar refractivity (Wildman–Crippen MR) is 221 cm³/mol. The van der Waals surface area contributed by atoms with Crippen LogP contribution in [-0.4, -0.2) is 4.57 Å². The molecule has 52 heavy (non-hydrogen) atoms. The van der Waals surface area contributed by atoms with E-state index in [0.717, 1.165) is 22.7 Å². The summed E-state index contributed by atoms with van der Waals surface area (Å²) < 4.78 is 2.38. The van der Waals surface area contributed by atoms with Gasteiger partial charge >= 0.3 is 0 Å². The molecular weight excluding hydrogens is 629 g/mol. The van der Waals surface area contributed by atoms with Gasteiger partial charge in [0.15, 0.2) is 0 Å². The quantitative estimate of drug-likeness (QED) is 0.172. The largest absolute Gasteiger partial charge is 0.310 e. The Morgan fingerprint density at radius 2 is 0.865 bits per heavy atom.